The summed E-state index contributed by atoms with van der Waals surface area (Å²) in [5.41, 5.74) is 0.747. The number of hydrogen-bond donors (Lipinski definition) is 1. The number of amides is 1. The van der Waals surface area contributed by atoms with E-state index in [2.05, 4.69) is 5.32 Å². The molecule has 0 unspecified atom stereocenters. The summed E-state index contributed by atoms with van der Waals surface area (Å²) in [5.74, 6) is -0.350. The molecule has 0 atom stereocenters. The van der Waals surface area contributed by atoms with Crippen LogP contribution in [0, 0.1) is 11.3 Å². The van der Waals surface area contributed by atoms with Crippen molar-refractivity contribution in [3.63, 3.8) is 0 Å². The highest BCUT2D eigenvalue weighted by molar-refractivity contribution is 7.89. The molecule has 21 heavy (non-hydrogen) atoms. The number of benzene rings is 1. The first-order valence-corrected chi connectivity index (χ1v) is 7.93. The highest BCUT2D eigenvalue weighted by Crippen LogP contribution is 2.15. The normalized spacial score (nSPS) is 11.4. The van der Waals surface area contributed by atoms with Crippen LogP contribution in [0.15, 0.2) is 29.2 Å². The maximum Gasteiger partial charge on any atom is 0.243 e. The van der Waals surface area contributed by atoms with Gasteiger partial charge in [-0.1, -0.05) is 12.1 Å². The lowest BCUT2D eigenvalue weighted by molar-refractivity contribution is -0.121. The number of hydrogen-bond acceptors (Lipinski definition) is 4. The molecule has 1 rings (SSSR count). The minimum absolute atomic E-state index is 0.0427. The van der Waals surface area contributed by atoms with Gasteiger partial charge in [0.1, 0.15) is 0 Å². The standard InChI is InChI=1S/C14H19N3O3S/c1-11(2)16-14(18)10-17(3)21(19,20)13-6-4-12(5-7-13)8-9-15/h4-7,11H,8,10H2,1-3H3,(H,16,18). The predicted octanol–water partition coefficient (Wildman–Crippen LogP) is 0.898. The Balaban J connectivity index is 2.84. The molecular weight excluding hydrogens is 290 g/mol. The molecule has 1 N–H and O–H groups in total. The van der Waals surface area contributed by atoms with Gasteiger partial charge in [-0.15, -0.1) is 0 Å². The van der Waals surface area contributed by atoms with E-state index in [0.717, 1.165) is 9.87 Å². The van der Waals surface area contributed by atoms with Gasteiger partial charge in [-0.25, -0.2) is 8.42 Å². The zero-order chi connectivity index (χ0) is 16.0. The summed E-state index contributed by atoms with van der Waals surface area (Å²) in [6.07, 6.45) is 0.229. The van der Waals surface area contributed by atoms with Crippen LogP contribution >= 0.6 is 0 Å². The fourth-order valence-corrected chi connectivity index (χ4v) is 2.83. The largest absolute Gasteiger partial charge is 0.353 e. The average Bonchev–Trinajstić information content (AvgIpc) is 2.38. The van der Waals surface area contributed by atoms with Crippen molar-refractivity contribution >= 4 is 15.9 Å². The number of nitriles is 1. The molecule has 0 aliphatic carbocycles. The number of nitrogens with zero attached hydrogens (tertiary/aromatic N) is 2. The molecule has 0 aliphatic rings. The fourth-order valence-electron chi connectivity index (χ4n) is 1.71. The molecular formula is C14H19N3O3S. The van der Waals surface area contributed by atoms with E-state index in [9.17, 15) is 13.2 Å². The van der Waals surface area contributed by atoms with Crippen LogP contribution in [0.4, 0.5) is 0 Å². The van der Waals surface area contributed by atoms with Crippen LogP contribution in [-0.2, 0) is 21.2 Å². The van der Waals surface area contributed by atoms with Gasteiger partial charge in [-0.3, -0.25) is 4.79 Å². The molecule has 0 spiro atoms. The van der Waals surface area contributed by atoms with E-state index < -0.39 is 10.0 Å². The Morgan fingerprint density at radius 1 is 1.33 bits per heavy atom. The highest BCUT2D eigenvalue weighted by Gasteiger charge is 2.22. The van der Waals surface area contributed by atoms with E-state index in [4.69, 9.17) is 5.26 Å². The first-order chi connectivity index (χ1) is 9.77. The Hall–Kier alpha value is -1.91. The van der Waals surface area contributed by atoms with Crippen LogP contribution in [0.5, 0.6) is 0 Å². The van der Waals surface area contributed by atoms with Crippen molar-refractivity contribution in [3.8, 4) is 6.07 Å². The van der Waals surface area contributed by atoms with Crippen molar-refractivity contribution in [2.24, 2.45) is 0 Å². The van der Waals surface area contributed by atoms with E-state index in [-0.39, 0.29) is 29.8 Å². The van der Waals surface area contributed by atoms with Gasteiger partial charge in [-0.2, -0.15) is 9.57 Å². The smallest absolute Gasteiger partial charge is 0.243 e. The number of rotatable bonds is 6. The van der Waals surface area contributed by atoms with E-state index in [0.29, 0.717) is 0 Å². The van der Waals surface area contributed by atoms with Crippen LogP contribution < -0.4 is 5.32 Å². The van der Waals surface area contributed by atoms with Crippen LogP contribution in [0.1, 0.15) is 19.4 Å². The van der Waals surface area contributed by atoms with Crippen LogP contribution in [0.25, 0.3) is 0 Å². The van der Waals surface area contributed by atoms with Crippen molar-refractivity contribution in [2.45, 2.75) is 31.2 Å². The second-order valence-electron chi connectivity index (χ2n) is 4.96. The molecule has 0 aromatic heterocycles. The molecule has 1 aromatic rings. The third-order valence-electron chi connectivity index (χ3n) is 2.73. The first-order valence-electron chi connectivity index (χ1n) is 6.49. The van der Waals surface area contributed by atoms with Gasteiger partial charge < -0.3 is 5.32 Å². The minimum Gasteiger partial charge on any atom is -0.353 e. The maximum absolute atomic E-state index is 12.3. The van der Waals surface area contributed by atoms with Gasteiger partial charge in [0.2, 0.25) is 15.9 Å². The van der Waals surface area contributed by atoms with Crippen molar-refractivity contribution in [1.82, 2.24) is 9.62 Å². The lowest BCUT2D eigenvalue weighted by atomic mass is 10.2. The van der Waals surface area contributed by atoms with Gasteiger partial charge in [0.25, 0.3) is 0 Å². The molecule has 0 aliphatic heterocycles. The monoisotopic (exact) mass is 309 g/mol. The van der Waals surface area contributed by atoms with E-state index in [1.807, 2.05) is 6.07 Å². The minimum atomic E-state index is -3.71. The molecule has 0 bridgehead atoms. The van der Waals surface area contributed by atoms with Crippen LogP contribution in [-0.4, -0.2) is 38.3 Å². The molecule has 114 valence electrons. The molecule has 0 radical (unpaired) electrons. The van der Waals surface area contributed by atoms with Crippen LogP contribution in [0.3, 0.4) is 0 Å². The molecule has 1 amide bonds. The summed E-state index contributed by atoms with van der Waals surface area (Å²) in [7, 11) is -2.35. The third kappa shape index (κ3) is 4.85. The number of likely N-dealkylation sites (N-methyl/N-ethyl adjacent to an activating group) is 1. The van der Waals surface area contributed by atoms with Crippen LogP contribution in [0.2, 0.25) is 0 Å². The number of nitrogens with one attached hydrogen (secondary N) is 1. The summed E-state index contributed by atoms with van der Waals surface area (Å²) in [5, 5.41) is 11.2. The summed E-state index contributed by atoms with van der Waals surface area (Å²) in [6, 6.07) is 8.03. The average molecular weight is 309 g/mol. The van der Waals surface area contributed by atoms with Gasteiger partial charge in [-0.05, 0) is 31.5 Å². The number of sulfonamides is 1. The van der Waals surface area contributed by atoms with E-state index in [1.165, 1.54) is 19.2 Å². The number of carbonyl (C=O) groups excluding carboxylic acids is 1. The van der Waals surface area contributed by atoms with Crippen molar-refractivity contribution in [1.29, 1.82) is 5.26 Å². The van der Waals surface area contributed by atoms with Gasteiger partial charge in [0, 0.05) is 13.1 Å². The Morgan fingerprint density at radius 3 is 2.38 bits per heavy atom. The molecule has 1 aromatic carbocycles. The lowest BCUT2D eigenvalue weighted by Gasteiger charge is -2.18. The van der Waals surface area contributed by atoms with E-state index >= 15 is 0 Å². The Bertz CT molecular complexity index is 630. The predicted molar refractivity (Wildman–Crippen MR) is 78.9 cm³/mol. The molecule has 0 fully saturated rings. The maximum atomic E-state index is 12.3. The van der Waals surface area contributed by atoms with Gasteiger partial charge in [0.15, 0.2) is 0 Å². The zero-order valence-corrected chi connectivity index (χ0v) is 13.1. The summed E-state index contributed by atoms with van der Waals surface area (Å²) in [6.45, 7) is 3.38. The second-order valence-corrected chi connectivity index (χ2v) is 7.01. The molecule has 6 nitrogen and oxygen atoms in total. The van der Waals surface area contributed by atoms with Gasteiger partial charge in [0.05, 0.1) is 23.9 Å². The fraction of sp³-hybridized carbons (Fsp3) is 0.429. The van der Waals surface area contributed by atoms with Crippen molar-refractivity contribution in [2.75, 3.05) is 13.6 Å². The quantitative estimate of drug-likeness (QED) is 0.845. The third-order valence-corrected chi connectivity index (χ3v) is 4.55. The Labute approximate surface area is 125 Å². The summed E-state index contributed by atoms with van der Waals surface area (Å²) >= 11 is 0. The molecule has 0 heterocycles. The SMILES string of the molecule is CC(C)NC(=O)CN(C)S(=O)(=O)c1ccc(CC#N)cc1. The topological polar surface area (TPSA) is 90.3 Å². The Morgan fingerprint density at radius 2 is 1.90 bits per heavy atom. The highest BCUT2D eigenvalue weighted by atomic mass is 32.2. The van der Waals surface area contributed by atoms with Crippen molar-refractivity contribution < 1.29 is 13.2 Å². The van der Waals surface area contributed by atoms with Crippen molar-refractivity contribution in [3.05, 3.63) is 29.8 Å². The Kier molecular flexibility index (Phi) is 5.88. The summed E-state index contributed by atoms with van der Waals surface area (Å²) in [4.78, 5) is 11.7. The first kappa shape index (κ1) is 17.1. The van der Waals surface area contributed by atoms with E-state index in [1.54, 1.807) is 26.0 Å². The number of carbonyl (C=O) groups is 1. The zero-order valence-electron chi connectivity index (χ0n) is 12.3. The lowest BCUT2D eigenvalue weighted by Crippen LogP contribution is -2.40. The van der Waals surface area contributed by atoms with Gasteiger partial charge >= 0.3 is 0 Å². The molecule has 7 heteroatoms. The second kappa shape index (κ2) is 7.20. The summed E-state index contributed by atoms with van der Waals surface area (Å²) < 4.78 is 25.6. The molecule has 0 saturated heterocycles. The molecule has 0 saturated carbocycles.